The van der Waals surface area contributed by atoms with Crippen LogP contribution in [0, 0.1) is 5.92 Å². The molecule has 0 bridgehead atoms. The average Bonchev–Trinajstić information content (AvgIpc) is 2.35. The van der Waals surface area contributed by atoms with Crippen molar-refractivity contribution in [3.05, 3.63) is 0 Å². The summed E-state index contributed by atoms with van der Waals surface area (Å²) in [6.45, 7) is 0.605. The summed E-state index contributed by atoms with van der Waals surface area (Å²) in [4.78, 5) is 21.4. The molecule has 1 rings (SSSR count). The number of amides is 1. The number of methoxy groups -OCH3 is 1. The molecule has 62 valence electrons. The van der Waals surface area contributed by atoms with Gasteiger partial charge in [0, 0.05) is 13.0 Å². The minimum absolute atomic E-state index is 0.0268. The molecule has 1 aliphatic rings. The van der Waals surface area contributed by atoms with E-state index in [9.17, 15) is 9.59 Å². The average molecular weight is 157 g/mol. The fourth-order valence-corrected chi connectivity index (χ4v) is 1.13. The Balaban J connectivity index is 2.28. The lowest BCUT2D eigenvalue weighted by atomic mass is 10.1. The van der Waals surface area contributed by atoms with E-state index in [0.717, 1.165) is 0 Å². The van der Waals surface area contributed by atoms with E-state index in [4.69, 9.17) is 0 Å². The second kappa shape index (κ2) is 3.37. The predicted octanol–water partition coefficient (Wildman–Crippen LogP) is -0.314. The molecule has 11 heavy (non-hydrogen) atoms. The molecule has 1 N–H and O–H groups in total. The summed E-state index contributed by atoms with van der Waals surface area (Å²) in [7, 11) is 1.35. The largest absolute Gasteiger partial charge is 0.469 e. The van der Waals surface area contributed by atoms with E-state index in [1.807, 2.05) is 0 Å². The van der Waals surface area contributed by atoms with Crippen molar-refractivity contribution in [2.75, 3.05) is 13.7 Å². The van der Waals surface area contributed by atoms with Crippen molar-refractivity contribution in [2.45, 2.75) is 12.8 Å². The van der Waals surface area contributed by atoms with Crippen molar-refractivity contribution in [3.8, 4) is 0 Å². The van der Waals surface area contributed by atoms with Crippen molar-refractivity contribution in [3.63, 3.8) is 0 Å². The second-order valence-electron chi connectivity index (χ2n) is 2.65. The molecule has 4 nitrogen and oxygen atoms in total. The van der Waals surface area contributed by atoms with E-state index in [0.29, 0.717) is 19.4 Å². The molecule has 0 aromatic rings. The highest BCUT2D eigenvalue weighted by atomic mass is 16.5. The zero-order chi connectivity index (χ0) is 8.27. The molecule has 1 saturated heterocycles. The first-order valence-electron chi connectivity index (χ1n) is 3.56. The predicted molar refractivity (Wildman–Crippen MR) is 37.7 cm³/mol. The molecule has 4 heteroatoms. The van der Waals surface area contributed by atoms with Crippen LogP contribution in [-0.2, 0) is 14.3 Å². The summed E-state index contributed by atoms with van der Waals surface area (Å²) in [5.41, 5.74) is 0. The van der Waals surface area contributed by atoms with Gasteiger partial charge in [-0.2, -0.15) is 0 Å². The molecule has 0 radical (unpaired) electrons. The van der Waals surface area contributed by atoms with Crippen LogP contribution in [0.5, 0.6) is 0 Å². The molecule has 0 saturated carbocycles. The molecular weight excluding hydrogens is 146 g/mol. The first-order chi connectivity index (χ1) is 5.22. The van der Waals surface area contributed by atoms with Gasteiger partial charge in [-0.15, -0.1) is 0 Å². The Morgan fingerprint density at radius 3 is 3.00 bits per heavy atom. The Bertz CT molecular complexity index is 179. The summed E-state index contributed by atoms with van der Waals surface area (Å²) in [6, 6.07) is 0. The van der Waals surface area contributed by atoms with Crippen LogP contribution in [0.2, 0.25) is 0 Å². The number of hydrogen-bond acceptors (Lipinski definition) is 3. The van der Waals surface area contributed by atoms with Crippen molar-refractivity contribution in [2.24, 2.45) is 5.92 Å². The lowest BCUT2D eigenvalue weighted by molar-refractivity contribution is -0.141. The molecule has 0 aromatic heterocycles. The van der Waals surface area contributed by atoms with Gasteiger partial charge in [-0.05, 0) is 5.92 Å². The highest BCUT2D eigenvalue weighted by Gasteiger charge is 2.23. The Kier molecular flexibility index (Phi) is 2.46. The minimum atomic E-state index is -0.244. The molecule has 1 unspecified atom stereocenters. The summed E-state index contributed by atoms with van der Waals surface area (Å²) in [6.07, 6.45) is 0.796. The number of hydrogen-bond donors (Lipinski definition) is 1. The fourth-order valence-electron chi connectivity index (χ4n) is 1.13. The third-order valence-electron chi connectivity index (χ3n) is 1.74. The molecule has 0 aromatic carbocycles. The van der Waals surface area contributed by atoms with Crippen LogP contribution in [0.3, 0.4) is 0 Å². The van der Waals surface area contributed by atoms with Gasteiger partial charge < -0.3 is 10.1 Å². The zero-order valence-electron chi connectivity index (χ0n) is 6.42. The maximum Gasteiger partial charge on any atom is 0.305 e. The third-order valence-corrected chi connectivity index (χ3v) is 1.74. The van der Waals surface area contributed by atoms with E-state index in [1.165, 1.54) is 7.11 Å². The van der Waals surface area contributed by atoms with Gasteiger partial charge in [-0.1, -0.05) is 0 Å². The Hall–Kier alpha value is -1.06. The molecule has 1 fully saturated rings. The Morgan fingerprint density at radius 2 is 2.55 bits per heavy atom. The van der Waals surface area contributed by atoms with Crippen LogP contribution < -0.4 is 5.32 Å². The van der Waals surface area contributed by atoms with Crippen molar-refractivity contribution >= 4 is 11.9 Å². The van der Waals surface area contributed by atoms with Crippen LogP contribution in [0.15, 0.2) is 0 Å². The fraction of sp³-hybridized carbons (Fsp3) is 0.714. The third kappa shape index (κ3) is 2.22. The van der Waals surface area contributed by atoms with Gasteiger partial charge in [0.15, 0.2) is 0 Å². The summed E-state index contributed by atoms with van der Waals surface area (Å²) >= 11 is 0. The van der Waals surface area contributed by atoms with Crippen LogP contribution >= 0.6 is 0 Å². The number of carbonyl (C=O) groups excluding carboxylic acids is 2. The molecule has 0 spiro atoms. The van der Waals surface area contributed by atoms with Crippen LogP contribution in [-0.4, -0.2) is 25.5 Å². The first kappa shape index (κ1) is 8.04. The van der Waals surface area contributed by atoms with Gasteiger partial charge in [-0.25, -0.2) is 0 Å². The first-order valence-corrected chi connectivity index (χ1v) is 3.56. The van der Waals surface area contributed by atoms with Crippen LogP contribution in [0.1, 0.15) is 12.8 Å². The number of rotatable bonds is 2. The lowest BCUT2D eigenvalue weighted by Gasteiger charge is -2.03. The molecule has 1 heterocycles. The van der Waals surface area contributed by atoms with E-state index < -0.39 is 0 Å². The maximum absolute atomic E-state index is 10.7. The maximum atomic E-state index is 10.7. The van der Waals surface area contributed by atoms with Gasteiger partial charge in [0.05, 0.1) is 13.5 Å². The highest BCUT2D eigenvalue weighted by molar-refractivity contribution is 5.79. The van der Waals surface area contributed by atoms with Gasteiger partial charge in [0.2, 0.25) is 5.91 Å². The Morgan fingerprint density at radius 1 is 1.82 bits per heavy atom. The van der Waals surface area contributed by atoms with Crippen molar-refractivity contribution in [1.82, 2.24) is 5.32 Å². The van der Waals surface area contributed by atoms with Crippen molar-refractivity contribution in [1.29, 1.82) is 0 Å². The van der Waals surface area contributed by atoms with Crippen molar-refractivity contribution < 1.29 is 14.3 Å². The number of carbonyl (C=O) groups is 2. The molecule has 1 atom stereocenters. The molecule has 0 aliphatic carbocycles. The van der Waals surface area contributed by atoms with E-state index in [-0.39, 0.29) is 17.8 Å². The topological polar surface area (TPSA) is 55.4 Å². The standard InChI is InChI=1S/C7H11NO3/c1-11-7(10)3-5-2-6(9)8-4-5/h5H,2-4H2,1H3,(H,8,9). The van der Waals surface area contributed by atoms with Crippen LogP contribution in [0.25, 0.3) is 0 Å². The Labute approximate surface area is 64.9 Å². The number of ether oxygens (including phenoxy) is 1. The highest BCUT2D eigenvalue weighted by Crippen LogP contribution is 2.13. The number of esters is 1. The SMILES string of the molecule is COC(=O)CC1CNC(=O)C1. The lowest BCUT2D eigenvalue weighted by Crippen LogP contribution is -2.15. The van der Waals surface area contributed by atoms with Crippen LogP contribution in [0.4, 0.5) is 0 Å². The summed E-state index contributed by atoms with van der Waals surface area (Å²) in [5.74, 6) is -0.0830. The minimum Gasteiger partial charge on any atom is -0.469 e. The summed E-state index contributed by atoms with van der Waals surface area (Å²) < 4.78 is 4.47. The van der Waals surface area contributed by atoms with Gasteiger partial charge in [-0.3, -0.25) is 9.59 Å². The summed E-state index contributed by atoms with van der Waals surface area (Å²) in [5, 5.41) is 2.65. The number of nitrogens with one attached hydrogen (secondary N) is 1. The quantitative estimate of drug-likeness (QED) is 0.559. The molecule has 1 aliphatic heterocycles. The van der Waals surface area contributed by atoms with Gasteiger partial charge in [0.1, 0.15) is 0 Å². The van der Waals surface area contributed by atoms with Gasteiger partial charge in [0.25, 0.3) is 0 Å². The smallest absolute Gasteiger partial charge is 0.305 e. The monoisotopic (exact) mass is 157 g/mol. The van der Waals surface area contributed by atoms with E-state index in [2.05, 4.69) is 10.1 Å². The van der Waals surface area contributed by atoms with E-state index >= 15 is 0 Å². The normalized spacial score (nSPS) is 23.0. The molecule has 1 amide bonds. The van der Waals surface area contributed by atoms with E-state index in [1.54, 1.807) is 0 Å². The molecular formula is C7H11NO3. The van der Waals surface area contributed by atoms with Gasteiger partial charge >= 0.3 is 5.97 Å². The second-order valence-corrected chi connectivity index (χ2v) is 2.65. The zero-order valence-corrected chi connectivity index (χ0v) is 6.42.